The normalized spacial score (nSPS) is 10.2. The molecule has 0 bridgehead atoms. The van der Waals surface area contributed by atoms with Gasteiger partial charge in [-0.25, -0.2) is 0 Å². The maximum Gasteiger partial charge on any atom is 0.258 e. The maximum atomic E-state index is 12.0. The van der Waals surface area contributed by atoms with Crippen LogP contribution in [0.1, 0.15) is 16.1 Å². The molecule has 106 valence electrons. The van der Waals surface area contributed by atoms with Gasteiger partial charge in [0.05, 0.1) is 31.2 Å². The number of nitrogens with two attached hydrogens (primary N) is 1. The van der Waals surface area contributed by atoms with Gasteiger partial charge in [0.2, 0.25) is 0 Å². The second-order valence-electron chi connectivity index (χ2n) is 4.19. The van der Waals surface area contributed by atoms with Crippen molar-refractivity contribution in [1.29, 1.82) is 0 Å². The second-order valence-corrected chi connectivity index (χ2v) is 4.19. The summed E-state index contributed by atoms with van der Waals surface area (Å²) in [6.07, 6.45) is 1.39. The Morgan fingerprint density at radius 3 is 2.40 bits per heavy atom. The van der Waals surface area contributed by atoms with Gasteiger partial charge in [-0.3, -0.25) is 4.79 Å². The quantitative estimate of drug-likeness (QED) is 0.837. The largest absolute Gasteiger partial charge is 0.493 e. The van der Waals surface area contributed by atoms with Gasteiger partial charge < -0.3 is 24.9 Å². The molecule has 0 aliphatic rings. The van der Waals surface area contributed by atoms with Crippen LogP contribution in [0.15, 0.2) is 28.9 Å². The van der Waals surface area contributed by atoms with Gasteiger partial charge >= 0.3 is 0 Å². The van der Waals surface area contributed by atoms with E-state index in [0.717, 1.165) is 0 Å². The summed E-state index contributed by atoms with van der Waals surface area (Å²) >= 11 is 0. The van der Waals surface area contributed by atoms with Gasteiger partial charge in [-0.05, 0) is 13.0 Å². The Labute approximate surface area is 116 Å². The molecule has 0 saturated carbocycles. The Morgan fingerprint density at radius 2 is 1.85 bits per heavy atom. The smallest absolute Gasteiger partial charge is 0.258 e. The van der Waals surface area contributed by atoms with Gasteiger partial charge in [0, 0.05) is 12.1 Å². The molecule has 20 heavy (non-hydrogen) atoms. The van der Waals surface area contributed by atoms with E-state index in [9.17, 15) is 4.79 Å². The Bertz CT molecular complexity index is 634. The van der Waals surface area contributed by atoms with Crippen molar-refractivity contribution in [2.75, 3.05) is 25.3 Å². The number of hydrogen-bond acceptors (Lipinski definition) is 5. The zero-order chi connectivity index (χ0) is 14.7. The van der Waals surface area contributed by atoms with Crippen molar-refractivity contribution in [2.24, 2.45) is 0 Å². The Balaban J connectivity index is 2.27. The molecule has 0 spiro atoms. The molecule has 0 unspecified atom stereocenters. The van der Waals surface area contributed by atoms with Gasteiger partial charge in [-0.2, -0.15) is 0 Å². The molecule has 1 amide bonds. The number of carbonyl (C=O) groups is 1. The van der Waals surface area contributed by atoms with Crippen molar-refractivity contribution in [1.82, 2.24) is 0 Å². The van der Waals surface area contributed by atoms with Crippen molar-refractivity contribution in [3.05, 3.63) is 35.8 Å². The molecule has 1 aromatic heterocycles. The summed E-state index contributed by atoms with van der Waals surface area (Å²) in [7, 11) is 3.03. The summed E-state index contributed by atoms with van der Waals surface area (Å²) in [6, 6.07) is 4.85. The average molecular weight is 276 g/mol. The molecule has 0 aliphatic heterocycles. The molecular formula is C14H16N2O4. The predicted molar refractivity (Wildman–Crippen MR) is 75.4 cm³/mol. The highest BCUT2D eigenvalue weighted by molar-refractivity contribution is 6.05. The van der Waals surface area contributed by atoms with Crippen LogP contribution in [0.5, 0.6) is 11.5 Å². The van der Waals surface area contributed by atoms with Crippen molar-refractivity contribution in [3.63, 3.8) is 0 Å². The molecule has 2 rings (SSSR count). The standard InChI is InChI=1S/C14H16N2O4/c1-8-4-9(7-20-8)14(17)16-11-6-13(19-3)12(18-2)5-10(11)15/h4-7H,15H2,1-3H3,(H,16,17). The lowest BCUT2D eigenvalue weighted by atomic mass is 10.2. The number of hydrogen-bond donors (Lipinski definition) is 2. The lowest BCUT2D eigenvalue weighted by Crippen LogP contribution is -2.12. The first-order valence-corrected chi connectivity index (χ1v) is 5.93. The molecule has 2 aromatic rings. The summed E-state index contributed by atoms with van der Waals surface area (Å²) in [5.41, 5.74) is 7.14. The van der Waals surface area contributed by atoms with Crippen LogP contribution in [0.25, 0.3) is 0 Å². The number of ether oxygens (including phenoxy) is 2. The molecule has 6 nitrogen and oxygen atoms in total. The Kier molecular flexibility index (Phi) is 3.84. The minimum absolute atomic E-state index is 0.305. The molecule has 3 N–H and O–H groups in total. The first kappa shape index (κ1) is 13.8. The van der Waals surface area contributed by atoms with Crippen LogP contribution >= 0.6 is 0 Å². The highest BCUT2D eigenvalue weighted by Crippen LogP contribution is 2.35. The monoisotopic (exact) mass is 276 g/mol. The number of carbonyl (C=O) groups excluding carboxylic acids is 1. The van der Waals surface area contributed by atoms with Crippen molar-refractivity contribution < 1.29 is 18.7 Å². The van der Waals surface area contributed by atoms with Crippen LogP contribution in [0.4, 0.5) is 11.4 Å². The average Bonchev–Trinajstić information content (AvgIpc) is 2.87. The SMILES string of the molecule is COc1cc(N)c(NC(=O)c2coc(C)c2)cc1OC. The first-order valence-electron chi connectivity index (χ1n) is 5.93. The lowest BCUT2D eigenvalue weighted by Gasteiger charge is -2.12. The Morgan fingerprint density at radius 1 is 1.20 bits per heavy atom. The number of nitrogens with one attached hydrogen (secondary N) is 1. The second kappa shape index (κ2) is 5.56. The van der Waals surface area contributed by atoms with Gasteiger partial charge in [0.15, 0.2) is 11.5 Å². The Hall–Kier alpha value is -2.63. The molecule has 0 saturated heterocycles. The minimum Gasteiger partial charge on any atom is -0.493 e. The lowest BCUT2D eigenvalue weighted by molar-refractivity contribution is 0.102. The van der Waals surface area contributed by atoms with Crippen LogP contribution in [0.2, 0.25) is 0 Å². The summed E-state index contributed by atoms with van der Waals surface area (Å²) in [6.45, 7) is 1.77. The zero-order valence-corrected chi connectivity index (χ0v) is 11.5. The third-order valence-corrected chi connectivity index (χ3v) is 2.80. The third kappa shape index (κ3) is 2.69. The van der Waals surface area contributed by atoms with Gasteiger partial charge in [0.1, 0.15) is 12.0 Å². The van der Waals surface area contributed by atoms with E-state index in [4.69, 9.17) is 19.6 Å². The summed E-state index contributed by atoms with van der Waals surface area (Å²) < 4.78 is 15.4. The number of rotatable bonds is 4. The van der Waals surface area contributed by atoms with Gasteiger partial charge in [-0.15, -0.1) is 0 Å². The summed E-state index contributed by atoms with van der Waals surface area (Å²) in [5.74, 6) is 1.35. The molecule has 0 aliphatic carbocycles. The summed E-state index contributed by atoms with van der Waals surface area (Å²) in [4.78, 5) is 12.0. The van der Waals surface area contributed by atoms with Crippen LogP contribution in [-0.4, -0.2) is 20.1 Å². The maximum absolute atomic E-state index is 12.0. The summed E-state index contributed by atoms with van der Waals surface area (Å²) in [5, 5.41) is 2.71. The first-order chi connectivity index (χ1) is 9.55. The van der Waals surface area contributed by atoms with E-state index < -0.39 is 0 Å². The zero-order valence-electron chi connectivity index (χ0n) is 11.5. The minimum atomic E-state index is -0.305. The predicted octanol–water partition coefficient (Wildman–Crippen LogP) is 2.44. The number of anilines is 2. The topological polar surface area (TPSA) is 86.7 Å². The molecule has 1 aromatic carbocycles. The van der Waals surface area contributed by atoms with Crippen molar-refractivity contribution >= 4 is 17.3 Å². The van der Waals surface area contributed by atoms with E-state index >= 15 is 0 Å². The molecule has 0 radical (unpaired) electrons. The number of methoxy groups -OCH3 is 2. The van der Waals surface area contributed by atoms with Gasteiger partial charge in [-0.1, -0.05) is 0 Å². The van der Waals surface area contributed by atoms with Crippen LogP contribution in [0, 0.1) is 6.92 Å². The van der Waals surface area contributed by atoms with Crippen molar-refractivity contribution in [2.45, 2.75) is 6.92 Å². The molecular weight excluding hydrogens is 260 g/mol. The highest BCUT2D eigenvalue weighted by Gasteiger charge is 2.14. The number of benzene rings is 1. The number of amides is 1. The highest BCUT2D eigenvalue weighted by atomic mass is 16.5. The number of furan rings is 1. The van der Waals surface area contributed by atoms with E-state index in [1.165, 1.54) is 20.5 Å². The molecule has 0 atom stereocenters. The van der Waals surface area contributed by atoms with E-state index in [1.807, 2.05) is 0 Å². The fourth-order valence-electron chi connectivity index (χ4n) is 1.76. The van der Waals surface area contributed by atoms with Crippen molar-refractivity contribution in [3.8, 4) is 11.5 Å². The third-order valence-electron chi connectivity index (χ3n) is 2.80. The number of nitrogen functional groups attached to an aromatic ring is 1. The molecule has 6 heteroatoms. The van der Waals surface area contributed by atoms with E-state index in [-0.39, 0.29) is 5.91 Å². The van der Waals surface area contributed by atoms with Crippen LogP contribution < -0.4 is 20.5 Å². The fourth-order valence-corrected chi connectivity index (χ4v) is 1.76. The van der Waals surface area contributed by atoms with E-state index in [1.54, 1.807) is 25.1 Å². The molecule has 1 heterocycles. The van der Waals surface area contributed by atoms with Gasteiger partial charge in [0.25, 0.3) is 5.91 Å². The number of aryl methyl sites for hydroxylation is 1. The van der Waals surface area contributed by atoms with Crippen LogP contribution in [0.3, 0.4) is 0 Å². The molecule has 0 fully saturated rings. The van der Waals surface area contributed by atoms with E-state index in [0.29, 0.717) is 34.2 Å². The van der Waals surface area contributed by atoms with Crippen LogP contribution in [-0.2, 0) is 0 Å². The van der Waals surface area contributed by atoms with E-state index in [2.05, 4.69) is 5.32 Å². The fraction of sp³-hybridized carbons (Fsp3) is 0.214.